The third-order valence-electron chi connectivity index (χ3n) is 7.32. The second-order valence-corrected chi connectivity index (χ2v) is 11.6. The van der Waals surface area contributed by atoms with Crippen LogP contribution in [0.1, 0.15) is 62.3 Å². The van der Waals surface area contributed by atoms with Gasteiger partial charge in [-0.3, -0.25) is 9.78 Å². The number of hydrogen-bond donors (Lipinski definition) is 1. The number of aryl methyl sites for hydroxylation is 2. The summed E-state index contributed by atoms with van der Waals surface area (Å²) in [4.78, 5) is 39.2. The van der Waals surface area contributed by atoms with Crippen molar-refractivity contribution in [3.8, 4) is 0 Å². The number of benzene rings is 1. The van der Waals surface area contributed by atoms with Gasteiger partial charge in [0.15, 0.2) is 11.5 Å². The highest BCUT2D eigenvalue weighted by Gasteiger charge is 2.31. The number of hydrogen-bond acceptors (Lipinski definition) is 6. The van der Waals surface area contributed by atoms with Gasteiger partial charge in [0.1, 0.15) is 5.60 Å². The summed E-state index contributed by atoms with van der Waals surface area (Å²) in [6.45, 7) is 13.4. The first-order valence-electron chi connectivity index (χ1n) is 14.0. The van der Waals surface area contributed by atoms with E-state index in [4.69, 9.17) is 9.72 Å². The lowest BCUT2D eigenvalue weighted by molar-refractivity contribution is 0.0149. The summed E-state index contributed by atoms with van der Waals surface area (Å²) in [6.07, 6.45) is 4.68. The molecule has 1 fully saturated rings. The van der Waals surface area contributed by atoms with E-state index in [1.165, 1.54) is 6.07 Å². The molecule has 0 bridgehead atoms. The van der Waals surface area contributed by atoms with Crippen LogP contribution in [0.3, 0.4) is 0 Å². The Morgan fingerprint density at radius 1 is 1.07 bits per heavy atom. The van der Waals surface area contributed by atoms with Crippen molar-refractivity contribution in [2.24, 2.45) is 0 Å². The van der Waals surface area contributed by atoms with E-state index in [1.54, 1.807) is 29.8 Å². The van der Waals surface area contributed by atoms with Crippen LogP contribution in [0.15, 0.2) is 42.7 Å². The van der Waals surface area contributed by atoms with Gasteiger partial charge in [0.25, 0.3) is 5.91 Å². The van der Waals surface area contributed by atoms with E-state index < -0.39 is 11.4 Å². The van der Waals surface area contributed by atoms with Crippen LogP contribution in [0.25, 0.3) is 16.6 Å². The van der Waals surface area contributed by atoms with E-state index in [0.29, 0.717) is 29.0 Å². The number of anilines is 2. The van der Waals surface area contributed by atoms with Gasteiger partial charge in [-0.05, 0) is 78.6 Å². The standard InChI is InChI=1S/C31H37FN6O3/c1-7-38(30(40)41-31(4,5)6)22-12-14-36(15-13-22)26-11-10-24(27-23(26)9-8-19(2)33-27)29(39)35-21-16-25(32)28-34-20(3)17-37(28)18-21/h8-11,16-18,22H,7,12-15H2,1-6H3,(H,35,39). The molecule has 2 amide bonds. The zero-order valence-corrected chi connectivity index (χ0v) is 24.5. The number of pyridine rings is 2. The number of halogens is 1. The summed E-state index contributed by atoms with van der Waals surface area (Å²) in [5.74, 6) is -0.883. The Morgan fingerprint density at radius 2 is 1.80 bits per heavy atom. The molecule has 0 spiro atoms. The molecule has 41 heavy (non-hydrogen) atoms. The number of nitrogens with zero attached hydrogens (tertiary/aromatic N) is 5. The number of carbonyl (C=O) groups is 2. The van der Waals surface area contributed by atoms with Gasteiger partial charge in [0, 0.05) is 60.9 Å². The number of nitrogens with one attached hydrogen (secondary N) is 1. The maximum absolute atomic E-state index is 14.6. The lowest BCUT2D eigenvalue weighted by Gasteiger charge is -2.39. The topological polar surface area (TPSA) is 92.1 Å². The summed E-state index contributed by atoms with van der Waals surface area (Å²) in [7, 11) is 0. The van der Waals surface area contributed by atoms with Crippen molar-refractivity contribution >= 4 is 39.9 Å². The Hall–Kier alpha value is -4.21. The Morgan fingerprint density at radius 3 is 2.49 bits per heavy atom. The number of fused-ring (bicyclic) bond motifs is 2. The SMILES string of the molecule is CCN(C(=O)OC(C)(C)C)C1CCN(c2ccc(C(=O)Nc3cc(F)c4nc(C)cn4c3)c3nc(C)ccc23)CC1. The molecule has 0 aliphatic carbocycles. The highest BCUT2D eigenvalue weighted by molar-refractivity contribution is 6.14. The number of rotatable bonds is 5. The monoisotopic (exact) mass is 560 g/mol. The van der Waals surface area contributed by atoms with Crippen molar-refractivity contribution in [1.82, 2.24) is 19.3 Å². The van der Waals surface area contributed by atoms with Crippen molar-refractivity contribution in [2.45, 2.75) is 66.0 Å². The van der Waals surface area contributed by atoms with Gasteiger partial charge in [-0.15, -0.1) is 0 Å². The molecular formula is C31H37FN6O3. The summed E-state index contributed by atoms with van der Waals surface area (Å²) in [5, 5.41) is 3.70. The fraction of sp³-hybridized carbons (Fsp3) is 0.419. The number of piperidine rings is 1. The summed E-state index contributed by atoms with van der Waals surface area (Å²) >= 11 is 0. The second kappa shape index (κ2) is 11.0. The fourth-order valence-electron chi connectivity index (χ4n) is 5.48. The average Bonchev–Trinajstić information content (AvgIpc) is 3.28. The predicted molar refractivity (Wildman–Crippen MR) is 158 cm³/mol. The molecule has 4 aromatic rings. The molecule has 1 saturated heterocycles. The smallest absolute Gasteiger partial charge is 0.410 e. The third kappa shape index (κ3) is 5.96. The second-order valence-electron chi connectivity index (χ2n) is 11.6. The van der Waals surface area contributed by atoms with Gasteiger partial charge >= 0.3 is 6.09 Å². The van der Waals surface area contributed by atoms with Crippen molar-refractivity contribution in [2.75, 3.05) is 29.9 Å². The van der Waals surface area contributed by atoms with Gasteiger partial charge in [-0.25, -0.2) is 14.2 Å². The first-order chi connectivity index (χ1) is 19.4. The lowest BCUT2D eigenvalue weighted by atomic mass is 10.00. The molecule has 0 atom stereocenters. The van der Waals surface area contributed by atoms with Crippen LogP contribution in [-0.2, 0) is 4.74 Å². The van der Waals surface area contributed by atoms with E-state index in [2.05, 4.69) is 15.2 Å². The molecule has 0 saturated carbocycles. The number of amides is 2. The van der Waals surface area contributed by atoms with Crippen LogP contribution < -0.4 is 10.2 Å². The first-order valence-corrected chi connectivity index (χ1v) is 14.0. The molecule has 10 heteroatoms. The van der Waals surface area contributed by atoms with Gasteiger partial charge in [0.05, 0.1) is 22.5 Å². The highest BCUT2D eigenvalue weighted by atomic mass is 19.1. The maximum atomic E-state index is 14.6. The largest absolute Gasteiger partial charge is 0.444 e. The van der Waals surface area contributed by atoms with Gasteiger partial charge in [-0.1, -0.05) is 0 Å². The minimum Gasteiger partial charge on any atom is -0.444 e. The van der Waals surface area contributed by atoms with Crippen LogP contribution in [0, 0.1) is 19.7 Å². The quantitative estimate of drug-likeness (QED) is 0.316. The molecule has 0 unspecified atom stereocenters. The van der Waals surface area contributed by atoms with Gasteiger partial charge in [-0.2, -0.15) is 0 Å². The van der Waals surface area contributed by atoms with Crippen molar-refractivity contribution in [1.29, 1.82) is 0 Å². The summed E-state index contributed by atoms with van der Waals surface area (Å²) in [6, 6.07) is 9.03. The zero-order chi connectivity index (χ0) is 29.5. The number of aromatic nitrogens is 3. The van der Waals surface area contributed by atoms with Crippen molar-refractivity contribution in [3.63, 3.8) is 0 Å². The van der Waals surface area contributed by atoms with E-state index >= 15 is 0 Å². The van der Waals surface area contributed by atoms with Crippen LogP contribution in [0.2, 0.25) is 0 Å². The summed E-state index contributed by atoms with van der Waals surface area (Å²) < 4.78 is 21.8. The number of carbonyl (C=O) groups excluding carboxylic acids is 2. The molecule has 216 valence electrons. The Bertz CT molecular complexity index is 1620. The maximum Gasteiger partial charge on any atom is 0.410 e. The number of ether oxygens (including phenoxy) is 1. The van der Waals surface area contributed by atoms with Gasteiger partial charge < -0.3 is 24.3 Å². The van der Waals surface area contributed by atoms with Crippen molar-refractivity contribution < 1.29 is 18.7 Å². The third-order valence-corrected chi connectivity index (χ3v) is 7.32. The summed E-state index contributed by atoms with van der Waals surface area (Å²) in [5.41, 5.74) is 3.47. The molecule has 1 N–H and O–H groups in total. The van der Waals surface area contributed by atoms with Crippen LogP contribution in [-0.4, -0.2) is 62.5 Å². The molecular weight excluding hydrogens is 523 g/mol. The molecule has 0 radical (unpaired) electrons. The minimum atomic E-state index is -0.539. The van der Waals surface area contributed by atoms with E-state index in [1.807, 2.05) is 57.7 Å². The van der Waals surface area contributed by atoms with Crippen LogP contribution in [0.5, 0.6) is 0 Å². The number of imidazole rings is 1. The van der Waals surface area contributed by atoms with Crippen LogP contribution in [0.4, 0.5) is 20.6 Å². The fourth-order valence-corrected chi connectivity index (χ4v) is 5.48. The Balaban J connectivity index is 1.37. The first kappa shape index (κ1) is 28.3. The molecule has 4 heterocycles. The minimum absolute atomic E-state index is 0.0970. The Kier molecular flexibility index (Phi) is 7.59. The zero-order valence-electron chi connectivity index (χ0n) is 24.5. The van der Waals surface area contributed by atoms with E-state index in [9.17, 15) is 14.0 Å². The Labute approximate surface area is 239 Å². The average molecular weight is 561 g/mol. The highest BCUT2D eigenvalue weighted by Crippen LogP contribution is 2.32. The van der Waals surface area contributed by atoms with Crippen LogP contribution >= 0.6 is 0 Å². The van der Waals surface area contributed by atoms with Crippen molar-refractivity contribution in [3.05, 3.63) is 65.5 Å². The molecule has 5 rings (SSSR count). The van der Waals surface area contributed by atoms with E-state index in [-0.39, 0.29) is 23.7 Å². The van der Waals surface area contributed by atoms with E-state index in [0.717, 1.165) is 42.7 Å². The lowest BCUT2D eigenvalue weighted by Crippen LogP contribution is -2.48. The normalized spacial score (nSPS) is 14.5. The predicted octanol–water partition coefficient (Wildman–Crippen LogP) is 6.12. The molecule has 3 aromatic heterocycles. The molecule has 1 aliphatic rings. The molecule has 1 aliphatic heterocycles. The molecule has 9 nitrogen and oxygen atoms in total. The van der Waals surface area contributed by atoms with Gasteiger partial charge in [0.2, 0.25) is 0 Å². The molecule has 1 aromatic carbocycles.